The van der Waals surface area contributed by atoms with Crippen molar-refractivity contribution in [3.8, 4) is 0 Å². The zero-order chi connectivity index (χ0) is 12.1. The van der Waals surface area contributed by atoms with E-state index in [9.17, 15) is 4.79 Å². The summed E-state index contributed by atoms with van der Waals surface area (Å²) in [5.74, 6) is -0.389. The Morgan fingerprint density at radius 1 is 1.50 bits per heavy atom. The van der Waals surface area contributed by atoms with Crippen molar-refractivity contribution >= 4 is 23.3 Å². The molecule has 0 saturated carbocycles. The lowest BCUT2D eigenvalue weighted by molar-refractivity contribution is 0.0600. The minimum Gasteiger partial charge on any atom is -0.465 e. The number of hydrogen-bond acceptors (Lipinski definition) is 3. The zero-order valence-corrected chi connectivity index (χ0v) is 10.3. The summed E-state index contributed by atoms with van der Waals surface area (Å²) in [6.45, 7) is 2.10. The topological polar surface area (TPSA) is 52.3 Å². The van der Waals surface area contributed by atoms with Gasteiger partial charge < -0.3 is 10.5 Å². The number of unbranched alkanes of at least 4 members (excludes halogenated alkanes) is 1. The number of rotatable bonds is 4. The highest BCUT2D eigenvalue weighted by molar-refractivity contribution is 6.33. The van der Waals surface area contributed by atoms with Crippen molar-refractivity contribution in [2.45, 2.75) is 26.2 Å². The lowest BCUT2D eigenvalue weighted by Crippen LogP contribution is -2.04. The summed E-state index contributed by atoms with van der Waals surface area (Å²) in [5, 5.41) is 0.411. The van der Waals surface area contributed by atoms with Crippen LogP contribution in [0.1, 0.15) is 35.7 Å². The maximum absolute atomic E-state index is 11.4. The Kier molecular flexibility index (Phi) is 4.62. The predicted octanol–water partition coefficient (Wildman–Crippen LogP) is 3.05. The summed E-state index contributed by atoms with van der Waals surface area (Å²) in [7, 11) is 1.35. The van der Waals surface area contributed by atoms with Crippen molar-refractivity contribution in [3.63, 3.8) is 0 Å². The van der Waals surface area contributed by atoms with Gasteiger partial charge in [0.2, 0.25) is 0 Å². The molecular weight excluding hydrogens is 226 g/mol. The van der Waals surface area contributed by atoms with Crippen LogP contribution in [0.4, 0.5) is 5.69 Å². The zero-order valence-electron chi connectivity index (χ0n) is 9.55. The third-order valence-electron chi connectivity index (χ3n) is 2.44. The molecule has 0 heterocycles. The molecule has 0 aliphatic heterocycles. The van der Waals surface area contributed by atoms with E-state index in [1.807, 2.05) is 0 Å². The summed E-state index contributed by atoms with van der Waals surface area (Å²) >= 11 is 5.97. The van der Waals surface area contributed by atoms with Crippen LogP contribution in [0.3, 0.4) is 0 Å². The maximum Gasteiger partial charge on any atom is 0.337 e. The SMILES string of the molecule is CCCCc1cc(C(=O)OC)cc(Cl)c1N. The molecule has 2 N–H and O–H groups in total. The van der Waals surface area contributed by atoms with Crippen LogP contribution in [-0.4, -0.2) is 13.1 Å². The molecule has 0 unspecified atom stereocenters. The van der Waals surface area contributed by atoms with E-state index in [0.29, 0.717) is 16.3 Å². The van der Waals surface area contributed by atoms with E-state index < -0.39 is 0 Å². The molecule has 16 heavy (non-hydrogen) atoms. The fraction of sp³-hybridized carbons (Fsp3) is 0.417. The molecule has 0 aromatic heterocycles. The molecular formula is C12H16ClNO2. The number of nitrogen functional groups attached to an aromatic ring is 1. The monoisotopic (exact) mass is 241 g/mol. The van der Waals surface area contributed by atoms with Crippen LogP contribution in [0.2, 0.25) is 5.02 Å². The van der Waals surface area contributed by atoms with Crippen LogP contribution >= 0.6 is 11.6 Å². The minimum absolute atomic E-state index is 0.389. The Morgan fingerprint density at radius 3 is 2.75 bits per heavy atom. The first-order valence-corrected chi connectivity index (χ1v) is 5.64. The number of benzene rings is 1. The second kappa shape index (κ2) is 5.75. The molecule has 0 spiro atoms. The highest BCUT2D eigenvalue weighted by Crippen LogP contribution is 2.26. The largest absolute Gasteiger partial charge is 0.465 e. The molecule has 4 heteroatoms. The van der Waals surface area contributed by atoms with Crippen LogP contribution in [0.25, 0.3) is 0 Å². The molecule has 0 amide bonds. The van der Waals surface area contributed by atoms with Gasteiger partial charge in [-0.25, -0.2) is 4.79 Å². The number of aryl methyl sites for hydroxylation is 1. The first-order valence-electron chi connectivity index (χ1n) is 5.26. The van der Waals surface area contributed by atoms with Gasteiger partial charge in [0, 0.05) is 0 Å². The van der Waals surface area contributed by atoms with Crippen molar-refractivity contribution in [3.05, 3.63) is 28.3 Å². The van der Waals surface area contributed by atoms with Gasteiger partial charge in [0.05, 0.1) is 23.4 Å². The molecule has 88 valence electrons. The molecule has 0 radical (unpaired) electrons. The number of nitrogens with two attached hydrogens (primary N) is 1. The predicted molar refractivity (Wildman–Crippen MR) is 65.8 cm³/mol. The van der Waals surface area contributed by atoms with Gasteiger partial charge in [-0.1, -0.05) is 24.9 Å². The van der Waals surface area contributed by atoms with Gasteiger partial charge in [0.1, 0.15) is 0 Å². The van der Waals surface area contributed by atoms with Crippen LogP contribution in [0.15, 0.2) is 12.1 Å². The smallest absolute Gasteiger partial charge is 0.337 e. The number of carbonyl (C=O) groups is 1. The van der Waals surface area contributed by atoms with Gasteiger partial charge in [-0.15, -0.1) is 0 Å². The van der Waals surface area contributed by atoms with E-state index >= 15 is 0 Å². The van der Waals surface area contributed by atoms with Crippen molar-refractivity contribution < 1.29 is 9.53 Å². The number of halogens is 1. The average molecular weight is 242 g/mol. The van der Waals surface area contributed by atoms with Crippen molar-refractivity contribution in [2.24, 2.45) is 0 Å². The third-order valence-corrected chi connectivity index (χ3v) is 2.75. The summed E-state index contributed by atoms with van der Waals surface area (Å²) in [6.07, 6.45) is 2.91. The second-order valence-electron chi connectivity index (χ2n) is 3.63. The average Bonchev–Trinajstić information content (AvgIpc) is 2.29. The van der Waals surface area contributed by atoms with E-state index in [0.717, 1.165) is 24.8 Å². The van der Waals surface area contributed by atoms with Gasteiger partial charge in [0.15, 0.2) is 0 Å². The van der Waals surface area contributed by atoms with E-state index in [-0.39, 0.29) is 5.97 Å². The normalized spacial score (nSPS) is 10.2. The van der Waals surface area contributed by atoms with E-state index in [2.05, 4.69) is 11.7 Å². The summed E-state index contributed by atoms with van der Waals surface area (Å²) in [4.78, 5) is 11.4. The second-order valence-corrected chi connectivity index (χ2v) is 4.03. The Labute approximate surface area is 101 Å². The minimum atomic E-state index is -0.389. The quantitative estimate of drug-likeness (QED) is 0.651. The fourth-order valence-electron chi connectivity index (χ4n) is 1.48. The number of methoxy groups -OCH3 is 1. The lowest BCUT2D eigenvalue weighted by Gasteiger charge is -2.09. The van der Waals surface area contributed by atoms with Gasteiger partial charge in [0.25, 0.3) is 0 Å². The molecule has 0 atom stereocenters. The van der Waals surface area contributed by atoms with Crippen LogP contribution < -0.4 is 5.73 Å². The van der Waals surface area contributed by atoms with Crippen molar-refractivity contribution in [2.75, 3.05) is 12.8 Å². The number of esters is 1. The first kappa shape index (κ1) is 12.8. The summed E-state index contributed by atoms with van der Waals surface area (Å²) < 4.78 is 4.65. The number of carbonyl (C=O) groups excluding carboxylic acids is 1. The van der Waals surface area contributed by atoms with Crippen molar-refractivity contribution in [1.82, 2.24) is 0 Å². The van der Waals surface area contributed by atoms with Crippen LogP contribution in [0.5, 0.6) is 0 Å². The highest BCUT2D eigenvalue weighted by Gasteiger charge is 2.11. The highest BCUT2D eigenvalue weighted by atomic mass is 35.5. The molecule has 0 bridgehead atoms. The Balaban J connectivity index is 3.06. The number of anilines is 1. The fourth-order valence-corrected chi connectivity index (χ4v) is 1.72. The standard InChI is InChI=1S/C12H16ClNO2/c1-3-4-5-8-6-9(12(15)16-2)7-10(13)11(8)14/h6-7H,3-5,14H2,1-2H3. The van der Waals surface area contributed by atoms with Crippen LogP contribution in [0, 0.1) is 0 Å². The van der Waals surface area contributed by atoms with E-state index in [1.165, 1.54) is 13.2 Å². The Bertz CT molecular complexity index is 391. The number of ether oxygens (including phenoxy) is 1. The molecule has 0 aliphatic rings. The molecule has 1 rings (SSSR count). The van der Waals surface area contributed by atoms with Gasteiger partial charge in [-0.3, -0.25) is 0 Å². The summed E-state index contributed by atoms with van der Waals surface area (Å²) in [6, 6.07) is 3.29. The van der Waals surface area contributed by atoms with Crippen molar-refractivity contribution in [1.29, 1.82) is 0 Å². The molecule has 1 aromatic carbocycles. The Morgan fingerprint density at radius 2 is 2.19 bits per heavy atom. The maximum atomic E-state index is 11.4. The van der Waals surface area contributed by atoms with E-state index in [4.69, 9.17) is 17.3 Å². The van der Waals surface area contributed by atoms with Crippen LogP contribution in [-0.2, 0) is 11.2 Å². The summed E-state index contributed by atoms with van der Waals surface area (Å²) in [5.41, 5.74) is 7.77. The first-order chi connectivity index (χ1) is 7.60. The molecule has 0 fully saturated rings. The third kappa shape index (κ3) is 2.89. The van der Waals surface area contributed by atoms with Gasteiger partial charge in [-0.2, -0.15) is 0 Å². The molecule has 3 nitrogen and oxygen atoms in total. The van der Waals surface area contributed by atoms with Gasteiger partial charge in [-0.05, 0) is 30.5 Å². The Hall–Kier alpha value is -1.22. The molecule has 0 aliphatic carbocycles. The lowest BCUT2D eigenvalue weighted by atomic mass is 10.0. The molecule has 0 saturated heterocycles. The van der Waals surface area contributed by atoms with E-state index in [1.54, 1.807) is 6.07 Å². The molecule has 1 aromatic rings. The number of hydrogen-bond donors (Lipinski definition) is 1. The van der Waals surface area contributed by atoms with Gasteiger partial charge >= 0.3 is 5.97 Å².